The van der Waals surface area contributed by atoms with Gasteiger partial charge in [-0.2, -0.15) is 0 Å². The molecule has 0 heterocycles. The normalized spacial score (nSPS) is 10.5. The van der Waals surface area contributed by atoms with Gasteiger partial charge in [-0.1, -0.05) is 0 Å². The predicted octanol–water partition coefficient (Wildman–Crippen LogP) is 2.07. The Kier molecular flexibility index (Phi) is 6.15. The van der Waals surface area contributed by atoms with Gasteiger partial charge in [-0.3, -0.25) is 0 Å². The number of carbonyl (C=O) groups excluding carboxylic acids is 1. The summed E-state index contributed by atoms with van der Waals surface area (Å²) in [7, 11) is 4.06. The topological polar surface area (TPSA) is 61.6 Å². The van der Waals surface area contributed by atoms with Crippen molar-refractivity contribution in [1.29, 1.82) is 0 Å². The molecule has 2 amide bonds. The molecule has 19 heavy (non-hydrogen) atoms. The molecule has 106 valence electrons. The zero-order chi connectivity index (χ0) is 14.3. The van der Waals surface area contributed by atoms with Crippen LogP contribution in [0.25, 0.3) is 0 Å². The van der Waals surface area contributed by atoms with Crippen LogP contribution in [0.5, 0.6) is 0 Å². The first-order valence-corrected chi connectivity index (χ1v) is 6.59. The number of benzene rings is 1. The molecule has 0 aliphatic carbocycles. The highest BCUT2D eigenvalue weighted by atomic mass is 16.2. The Labute approximate surface area is 115 Å². The maximum atomic E-state index is 12.1. The van der Waals surface area contributed by atoms with E-state index in [4.69, 9.17) is 5.73 Å². The zero-order valence-electron chi connectivity index (χ0n) is 12.0. The van der Waals surface area contributed by atoms with Gasteiger partial charge >= 0.3 is 6.03 Å². The summed E-state index contributed by atoms with van der Waals surface area (Å²) in [5.41, 5.74) is 7.07. The standard InChI is InChI=1S/C14H24N4O/c1-4-18(11-5-10-17(2)3)14(19)16-13-8-6-12(15)7-9-13/h6-9H,4-5,10-11,15H2,1-3H3,(H,16,19). The third-order valence-corrected chi connectivity index (χ3v) is 2.86. The van der Waals surface area contributed by atoms with Crippen molar-refractivity contribution in [2.24, 2.45) is 0 Å². The molecule has 0 unspecified atom stereocenters. The third-order valence-electron chi connectivity index (χ3n) is 2.86. The van der Waals surface area contributed by atoms with E-state index in [1.807, 2.05) is 21.0 Å². The Hall–Kier alpha value is -1.75. The summed E-state index contributed by atoms with van der Waals surface area (Å²) in [6.45, 7) is 4.42. The lowest BCUT2D eigenvalue weighted by molar-refractivity contribution is 0.211. The fourth-order valence-corrected chi connectivity index (χ4v) is 1.75. The van der Waals surface area contributed by atoms with Gasteiger partial charge in [0.25, 0.3) is 0 Å². The zero-order valence-corrected chi connectivity index (χ0v) is 12.0. The lowest BCUT2D eigenvalue weighted by Crippen LogP contribution is -2.36. The molecule has 0 fully saturated rings. The first-order chi connectivity index (χ1) is 9.02. The molecule has 0 aliphatic rings. The molecule has 0 bridgehead atoms. The maximum absolute atomic E-state index is 12.1. The van der Waals surface area contributed by atoms with E-state index in [1.54, 1.807) is 29.2 Å². The van der Waals surface area contributed by atoms with Crippen molar-refractivity contribution in [2.75, 3.05) is 44.8 Å². The van der Waals surface area contributed by atoms with E-state index in [2.05, 4.69) is 10.2 Å². The van der Waals surface area contributed by atoms with Crippen molar-refractivity contribution in [1.82, 2.24) is 9.80 Å². The van der Waals surface area contributed by atoms with Crippen LogP contribution in [0, 0.1) is 0 Å². The molecule has 1 aromatic carbocycles. The predicted molar refractivity (Wildman–Crippen MR) is 80.3 cm³/mol. The monoisotopic (exact) mass is 264 g/mol. The van der Waals surface area contributed by atoms with Gasteiger partial charge in [0.2, 0.25) is 0 Å². The lowest BCUT2D eigenvalue weighted by Gasteiger charge is -2.22. The van der Waals surface area contributed by atoms with E-state index in [0.717, 1.165) is 25.2 Å². The van der Waals surface area contributed by atoms with Crippen molar-refractivity contribution in [3.05, 3.63) is 24.3 Å². The van der Waals surface area contributed by atoms with Gasteiger partial charge < -0.3 is 20.9 Å². The average Bonchev–Trinajstić information content (AvgIpc) is 2.37. The van der Waals surface area contributed by atoms with Crippen LogP contribution in [0.1, 0.15) is 13.3 Å². The second-order valence-corrected chi connectivity index (χ2v) is 4.79. The fourth-order valence-electron chi connectivity index (χ4n) is 1.75. The molecular formula is C14H24N4O. The van der Waals surface area contributed by atoms with Gasteiger partial charge in [0.15, 0.2) is 0 Å². The summed E-state index contributed by atoms with van der Waals surface area (Å²) in [5, 5.41) is 2.88. The highest BCUT2D eigenvalue weighted by Gasteiger charge is 2.11. The van der Waals surface area contributed by atoms with E-state index in [1.165, 1.54) is 0 Å². The molecule has 1 aromatic rings. The number of carbonyl (C=O) groups is 1. The number of rotatable bonds is 6. The third kappa shape index (κ3) is 5.61. The summed E-state index contributed by atoms with van der Waals surface area (Å²) in [5.74, 6) is 0. The van der Waals surface area contributed by atoms with Crippen LogP contribution in [0.3, 0.4) is 0 Å². The highest BCUT2D eigenvalue weighted by molar-refractivity contribution is 5.89. The molecule has 5 nitrogen and oxygen atoms in total. The molecule has 0 spiro atoms. The van der Waals surface area contributed by atoms with Crippen molar-refractivity contribution >= 4 is 17.4 Å². The summed E-state index contributed by atoms with van der Waals surface area (Å²) in [6, 6.07) is 7.10. The van der Waals surface area contributed by atoms with Crippen LogP contribution < -0.4 is 11.1 Å². The largest absolute Gasteiger partial charge is 0.399 e. The number of nitrogen functional groups attached to an aromatic ring is 1. The SMILES string of the molecule is CCN(CCCN(C)C)C(=O)Nc1ccc(N)cc1. The molecule has 3 N–H and O–H groups in total. The van der Waals surface area contributed by atoms with Crippen LogP contribution >= 0.6 is 0 Å². The fraction of sp³-hybridized carbons (Fsp3) is 0.500. The van der Waals surface area contributed by atoms with Crippen LogP contribution in [0.2, 0.25) is 0 Å². The van der Waals surface area contributed by atoms with Gasteiger partial charge in [0.05, 0.1) is 0 Å². The van der Waals surface area contributed by atoms with Gasteiger partial charge in [-0.15, -0.1) is 0 Å². The number of nitrogens with one attached hydrogen (secondary N) is 1. The van der Waals surface area contributed by atoms with Crippen LogP contribution in [-0.4, -0.2) is 49.6 Å². The van der Waals surface area contributed by atoms with E-state index in [-0.39, 0.29) is 6.03 Å². The van der Waals surface area contributed by atoms with E-state index in [9.17, 15) is 4.79 Å². The molecule has 0 radical (unpaired) electrons. The summed E-state index contributed by atoms with van der Waals surface area (Å²) < 4.78 is 0. The van der Waals surface area contributed by atoms with Crippen LogP contribution in [-0.2, 0) is 0 Å². The molecule has 0 aliphatic heterocycles. The summed E-state index contributed by atoms with van der Waals surface area (Å²) in [6.07, 6.45) is 0.968. The number of hydrogen-bond donors (Lipinski definition) is 2. The Morgan fingerprint density at radius 2 is 1.84 bits per heavy atom. The van der Waals surface area contributed by atoms with E-state index < -0.39 is 0 Å². The van der Waals surface area contributed by atoms with Gasteiger partial charge in [-0.25, -0.2) is 4.79 Å². The number of anilines is 2. The first-order valence-electron chi connectivity index (χ1n) is 6.59. The van der Waals surface area contributed by atoms with Gasteiger partial charge in [-0.05, 0) is 58.3 Å². The number of nitrogens with two attached hydrogens (primary N) is 1. The minimum Gasteiger partial charge on any atom is -0.399 e. The second kappa shape index (κ2) is 7.63. The van der Waals surface area contributed by atoms with E-state index in [0.29, 0.717) is 12.2 Å². The molecular weight excluding hydrogens is 240 g/mol. The molecule has 0 atom stereocenters. The molecule has 5 heteroatoms. The highest BCUT2D eigenvalue weighted by Crippen LogP contribution is 2.11. The Morgan fingerprint density at radius 3 is 2.37 bits per heavy atom. The summed E-state index contributed by atoms with van der Waals surface area (Å²) in [4.78, 5) is 16.0. The summed E-state index contributed by atoms with van der Waals surface area (Å²) >= 11 is 0. The smallest absolute Gasteiger partial charge is 0.321 e. The number of hydrogen-bond acceptors (Lipinski definition) is 3. The van der Waals surface area contributed by atoms with Crippen molar-refractivity contribution in [3.8, 4) is 0 Å². The molecule has 0 saturated carbocycles. The van der Waals surface area contributed by atoms with Crippen molar-refractivity contribution in [3.63, 3.8) is 0 Å². The van der Waals surface area contributed by atoms with E-state index >= 15 is 0 Å². The molecule has 0 saturated heterocycles. The lowest BCUT2D eigenvalue weighted by atomic mass is 10.3. The Balaban J connectivity index is 2.47. The molecule has 1 rings (SSSR count). The number of urea groups is 1. The average molecular weight is 264 g/mol. The molecule has 0 aromatic heterocycles. The van der Waals surface area contributed by atoms with Gasteiger partial charge in [0.1, 0.15) is 0 Å². The maximum Gasteiger partial charge on any atom is 0.321 e. The first kappa shape index (κ1) is 15.3. The van der Waals surface area contributed by atoms with Crippen LogP contribution in [0.4, 0.5) is 16.2 Å². The minimum absolute atomic E-state index is 0.0639. The second-order valence-electron chi connectivity index (χ2n) is 4.79. The Morgan fingerprint density at radius 1 is 1.21 bits per heavy atom. The van der Waals surface area contributed by atoms with Crippen molar-refractivity contribution < 1.29 is 4.79 Å². The van der Waals surface area contributed by atoms with Crippen LogP contribution in [0.15, 0.2) is 24.3 Å². The quantitative estimate of drug-likeness (QED) is 0.773. The number of nitrogens with zero attached hydrogens (tertiary/aromatic N) is 2. The number of amides is 2. The van der Waals surface area contributed by atoms with Gasteiger partial charge in [0, 0.05) is 24.5 Å². The Bertz CT molecular complexity index is 389. The van der Waals surface area contributed by atoms with Crippen molar-refractivity contribution in [2.45, 2.75) is 13.3 Å². The minimum atomic E-state index is -0.0639.